The van der Waals surface area contributed by atoms with Gasteiger partial charge in [0.2, 0.25) is 0 Å². The molecule has 2 rings (SSSR count). The average Bonchev–Trinajstić information content (AvgIpc) is 2.81. The quantitative estimate of drug-likeness (QED) is 0.770. The summed E-state index contributed by atoms with van der Waals surface area (Å²) < 4.78 is 10.8. The summed E-state index contributed by atoms with van der Waals surface area (Å²) in [5, 5.41) is 0. The Bertz CT molecular complexity index is 365. The van der Waals surface area contributed by atoms with Gasteiger partial charge >= 0.3 is 0 Å². The highest BCUT2D eigenvalue weighted by atomic mass is 16.5. The Morgan fingerprint density at radius 3 is 3.18 bits per heavy atom. The molecular formula is C14H21NO2. The molecule has 0 saturated carbocycles. The zero-order chi connectivity index (χ0) is 12.1. The lowest BCUT2D eigenvalue weighted by molar-refractivity contribution is 0.142. The van der Waals surface area contributed by atoms with E-state index >= 15 is 0 Å². The average molecular weight is 235 g/mol. The van der Waals surface area contributed by atoms with Gasteiger partial charge in [0, 0.05) is 25.7 Å². The summed E-state index contributed by atoms with van der Waals surface area (Å²) in [7, 11) is 0. The molecule has 1 aromatic rings. The van der Waals surface area contributed by atoms with E-state index in [2.05, 4.69) is 12.1 Å². The van der Waals surface area contributed by atoms with Gasteiger partial charge in [0.05, 0.1) is 6.61 Å². The van der Waals surface area contributed by atoms with Crippen molar-refractivity contribution in [3.05, 3.63) is 29.3 Å². The van der Waals surface area contributed by atoms with Crippen molar-refractivity contribution in [1.29, 1.82) is 0 Å². The fraction of sp³-hybridized carbons (Fsp3) is 0.571. The molecule has 3 nitrogen and oxygen atoms in total. The molecule has 17 heavy (non-hydrogen) atoms. The normalized spacial score (nSPS) is 15.4. The number of ether oxygens (including phenoxy) is 2. The van der Waals surface area contributed by atoms with Gasteiger partial charge in [0.25, 0.3) is 0 Å². The Hall–Kier alpha value is -1.06. The van der Waals surface area contributed by atoms with Crippen molar-refractivity contribution >= 4 is 0 Å². The van der Waals surface area contributed by atoms with Crippen LogP contribution in [0.1, 0.15) is 36.9 Å². The van der Waals surface area contributed by atoms with Gasteiger partial charge in [-0.3, -0.25) is 0 Å². The predicted molar refractivity (Wildman–Crippen MR) is 68.3 cm³/mol. The zero-order valence-corrected chi connectivity index (χ0v) is 10.4. The topological polar surface area (TPSA) is 44.5 Å². The summed E-state index contributed by atoms with van der Waals surface area (Å²) >= 11 is 0. The van der Waals surface area contributed by atoms with E-state index < -0.39 is 0 Å². The third kappa shape index (κ3) is 3.20. The summed E-state index contributed by atoms with van der Waals surface area (Å²) in [5.74, 6) is 1.02. The maximum absolute atomic E-state index is 6.17. The Kier molecular flexibility index (Phi) is 4.40. The summed E-state index contributed by atoms with van der Waals surface area (Å²) in [6.07, 6.45) is 3.00. The molecule has 1 atom stereocenters. The molecule has 94 valence electrons. The molecule has 1 aliphatic rings. The summed E-state index contributed by atoms with van der Waals surface area (Å²) in [6.45, 7) is 4.41. The van der Waals surface area contributed by atoms with Crippen LogP contribution >= 0.6 is 0 Å². The second-order valence-electron chi connectivity index (χ2n) is 4.41. The van der Waals surface area contributed by atoms with E-state index in [0.717, 1.165) is 44.8 Å². The highest BCUT2D eigenvalue weighted by Crippen LogP contribution is 2.28. The maximum Gasteiger partial charge on any atom is 0.122 e. The first-order chi connectivity index (χ1) is 8.31. The summed E-state index contributed by atoms with van der Waals surface area (Å²) in [6, 6.07) is 6.42. The van der Waals surface area contributed by atoms with Gasteiger partial charge in [-0.1, -0.05) is 12.1 Å². The van der Waals surface area contributed by atoms with Crippen molar-refractivity contribution in [1.82, 2.24) is 0 Å². The molecule has 1 aliphatic heterocycles. The summed E-state index contributed by atoms with van der Waals surface area (Å²) in [5.41, 5.74) is 8.68. The van der Waals surface area contributed by atoms with E-state index in [1.807, 2.05) is 13.0 Å². The smallest absolute Gasteiger partial charge is 0.122 e. The van der Waals surface area contributed by atoms with Crippen LogP contribution in [-0.4, -0.2) is 19.8 Å². The molecule has 0 fully saturated rings. The second kappa shape index (κ2) is 6.03. The third-order valence-corrected chi connectivity index (χ3v) is 3.15. The van der Waals surface area contributed by atoms with E-state index in [1.165, 1.54) is 11.1 Å². The van der Waals surface area contributed by atoms with Crippen molar-refractivity contribution < 1.29 is 9.47 Å². The molecule has 0 amide bonds. The minimum absolute atomic E-state index is 0.112. The predicted octanol–water partition coefficient (Wildman–Crippen LogP) is 2.44. The van der Waals surface area contributed by atoms with Crippen molar-refractivity contribution in [2.45, 2.75) is 32.2 Å². The third-order valence-electron chi connectivity index (χ3n) is 3.15. The molecule has 0 aliphatic carbocycles. The minimum Gasteiger partial charge on any atom is -0.493 e. The molecule has 0 bridgehead atoms. The molecule has 0 aromatic heterocycles. The van der Waals surface area contributed by atoms with Gasteiger partial charge in [-0.15, -0.1) is 0 Å². The standard InChI is InChI=1S/C14H21NO2/c1-2-16-8-3-4-13(15)11-5-6-14-12(10-11)7-9-17-14/h5-6,10,13H,2-4,7-9,15H2,1H3. The Balaban J connectivity index is 1.88. The van der Waals surface area contributed by atoms with Gasteiger partial charge in [0.15, 0.2) is 0 Å². The van der Waals surface area contributed by atoms with Gasteiger partial charge in [-0.25, -0.2) is 0 Å². The molecule has 0 spiro atoms. The highest BCUT2D eigenvalue weighted by Gasteiger charge is 2.14. The first-order valence-electron chi connectivity index (χ1n) is 6.40. The van der Waals surface area contributed by atoms with Crippen LogP contribution in [0.3, 0.4) is 0 Å². The van der Waals surface area contributed by atoms with E-state index in [4.69, 9.17) is 15.2 Å². The lowest BCUT2D eigenvalue weighted by Crippen LogP contribution is -2.11. The molecule has 3 heteroatoms. The molecule has 1 unspecified atom stereocenters. The van der Waals surface area contributed by atoms with Gasteiger partial charge in [0.1, 0.15) is 5.75 Å². The van der Waals surface area contributed by atoms with E-state index in [9.17, 15) is 0 Å². The zero-order valence-electron chi connectivity index (χ0n) is 10.4. The van der Waals surface area contributed by atoms with Crippen LogP contribution in [0, 0.1) is 0 Å². The lowest BCUT2D eigenvalue weighted by atomic mass is 10.00. The van der Waals surface area contributed by atoms with Gasteiger partial charge in [-0.2, -0.15) is 0 Å². The fourth-order valence-electron chi connectivity index (χ4n) is 2.15. The minimum atomic E-state index is 0.112. The number of rotatable bonds is 6. The fourth-order valence-corrected chi connectivity index (χ4v) is 2.15. The van der Waals surface area contributed by atoms with E-state index in [1.54, 1.807) is 0 Å². The van der Waals surface area contributed by atoms with Crippen molar-refractivity contribution in [3.63, 3.8) is 0 Å². The van der Waals surface area contributed by atoms with E-state index in [-0.39, 0.29) is 6.04 Å². The molecule has 1 heterocycles. The Labute approximate surface area is 103 Å². The first-order valence-corrected chi connectivity index (χ1v) is 6.40. The molecule has 1 aromatic carbocycles. The second-order valence-corrected chi connectivity index (χ2v) is 4.41. The molecular weight excluding hydrogens is 214 g/mol. The Morgan fingerprint density at radius 1 is 1.47 bits per heavy atom. The van der Waals surface area contributed by atoms with Crippen LogP contribution < -0.4 is 10.5 Å². The number of fused-ring (bicyclic) bond motifs is 1. The van der Waals surface area contributed by atoms with Crippen molar-refractivity contribution in [3.8, 4) is 5.75 Å². The number of benzene rings is 1. The van der Waals surface area contributed by atoms with E-state index in [0.29, 0.717) is 0 Å². The first kappa shape index (κ1) is 12.4. The largest absolute Gasteiger partial charge is 0.493 e. The molecule has 2 N–H and O–H groups in total. The van der Waals surface area contributed by atoms with Gasteiger partial charge < -0.3 is 15.2 Å². The van der Waals surface area contributed by atoms with Crippen molar-refractivity contribution in [2.75, 3.05) is 19.8 Å². The maximum atomic E-state index is 6.17. The van der Waals surface area contributed by atoms with Crippen LogP contribution in [-0.2, 0) is 11.2 Å². The number of nitrogens with two attached hydrogens (primary N) is 1. The van der Waals surface area contributed by atoms with Crippen LogP contribution in [0.4, 0.5) is 0 Å². The highest BCUT2D eigenvalue weighted by molar-refractivity contribution is 5.40. The van der Waals surface area contributed by atoms with Crippen LogP contribution in [0.25, 0.3) is 0 Å². The molecule has 0 radical (unpaired) electrons. The lowest BCUT2D eigenvalue weighted by Gasteiger charge is -2.13. The van der Waals surface area contributed by atoms with Crippen LogP contribution in [0.2, 0.25) is 0 Å². The SMILES string of the molecule is CCOCCCC(N)c1ccc2c(c1)CCO2. The van der Waals surface area contributed by atoms with Gasteiger partial charge in [-0.05, 0) is 37.0 Å². The monoisotopic (exact) mass is 235 g/mol. The van der Waals surface area contributed by atoms with Crippen LogP contribution in [0.5, 0.6) is 5.75 Å². The Morgan fingerprint density at radius 2 is 2.35 bits per heavy atom. The molecule has 0 saturated heterocycles. The number of hydrogen-bond donors (Lipinski definition) is 1. The van der Waals surface area contributed by atoms with Crippen molar-refractivity contribution in [2.24, 2.45) is 5.73 Å². The summed E-state index contributed by atoms with van der Waals surface area (Å²) in [4.78, 5) is 0. The van der Waals surface area contributed by atoms with Crippen LogP contribution in [0.15, 0.2) is 18.2 Å². The number of hydrogen-bond acceptors (Lipinski definition) is 3.